The van der Waals surface area contributed by atoms with E-state index in [0.717, 1.165) is 19.3 Å². The number of nitrogens with zero attached hydrogens (tertiary/aromatic N) is 3. The van der Waals surface area contributed by atoms with Crippen molar-refractivity contribution in [1.82, 2.24) is 14.4 Å². The van der Waals surface area contributed by atoms with Crippen molar-refractivity contribution in [1.29, 1.82) is 0 Å². The number of ether oxygens (including phenoxy) is 2. The highest BCUT2D eigenvalue weighted by molar-refractivity contribution is 5.97. The van der Waals surface area contributed by atoms with Gasteiger partial charge >= 0.3 is 6.09 Å². The van der Waals surface area contributed by atoms with Crippen molar-refractivity contribution in [3.8, 4) is 0 Å². The van der Waals surface area contributed by atoms with E-state index in [1.807, 2.05) is 34.6 Å². The molecule has 1 aromatic carbocycles. The van der Waals surface area contributed by atoms with E-state index >= 15 is 0 Å². The Bertz CT molecular complexity index is 1170. The fourth-order valence-electron chi connectivity index (χ4n) is 4.86. The van der Waals surface area contributed by atoms with Gasteiger partial charge in [-0.1, -0.05) is 0 Å². The maximum Gasteiger partial charge on any atom is 0.410 e. The lowest BCUT2D eigenvalue weighted by Gasteiger charge is -2.41. The summed E-state index contributed by atoms with van der Waals surface area (Å²) >= 11 is 0. The summed E-state index contributed by atoms with van der Waals surface area (Å²) in [5.41, 5.74) is -0.521. The van der Waals surface area contributed by atoms with Crippen LogP contribution in [0.2, 0.25) is 0 Å². The normalized spacial score (nSPS) is 16.3. The van der Waals surface area contributed by atoms with Crippen LogP contribution in [0.25, 0.3) is 10.9 Å². The molecule has 1 aromatic heterocycles. The molecule has 0 saturated carbocycles. The Hall–Kier alpha value is -2.94. The molecule has 2 amide bonds. The van der Waals surface area contributed by atoms with E-state index in [4.69, 9.17) is 9.47 Å². The number of hydrogen-bond donors (Lipinski definition) is 0. The van der Waals surface area contributed by atoms with Crippen molar-refractivity contribution in [2.75, 3.05) is 26.8 Å². The summed E-state index contributed by atoms with van der Waals surface area (Å²) in [6.45, 7) is 11.3. The molecule has 0 spiro atoms. The van der Waals surface area contributed by atoms with Gasteiger partial charge in [0.05, 0.1) is 11.6 Å². The minimum atomic E-state index is -0.615. The number of likely N-dealkylation sites (tertiary alicyclic amines) is 1. The average Bonchev–Trinajstić information content (AvgIpc) is 2.82. The van der Waals surface area contributed by atoms with E-state index in [-0.39, 0.29) is 23.6 Å². The van der Waals surface area contributed by atoms with Crippen LogP contribution in [0, 0.1) is 5.82 Å². The maximum absolute atomic E-state index is 14.1. The molecule has 9 heteroatoms. The number of carbonyl (C=O) groups excluding carboxylic acids is 2. The number of carbonyl (C=O) groups is 2. The third kappa shape index (κ3) is 7.09. The van der Waals surface area contributed by atoms with E-state index in [0.29, 0.717) is 43.6 Å². The van der Waals surface area contributed by atoms with Crippen LogP contribution < -0.4 is 5.43 Å². The summed E-state index contributed by atoms with van der Waals surface area (Å²) in [5.74, 6) is -0.822. The molecule has 1 saturated heterocycles. The van der Waals surface area contributed by atoms with Gasteiger partial charge in [-0.05, 0) is 78.5 Å². The molecule has 204 valence electrons. The molecule has 0 N–H and O–H groups in total. The summed E-state index contributed by atoms with van der Waals surface area (Å²) in [6.07, 6.45) is 4.14. The monoisotopic (exact) mass is 517 g/mol. The number of fused-ring (bicyclic) bond motifs is 1. The Morgan fingerprint density at radius 2 is 1.95 bits per heavy atom. The maximum atomic E-state index is 14.1. The zero-order valence-corrected chi connectivity index (χ0v) is 22.9. The van der Waals surface area contributed by atoms with Crippen LogP contribution in [0.15, 0.2) is 29.2 Å². The zero-order valence-electron chi connectivity index (χ0n) is 22.9. The Kier molecular flexibility index (Phi) is 9.34. The number of aromatic nitrogens is 1. The van der Waals surface area contributed by atoms with Crippen LogP contribution in [-0.2, 0) is 16.0 Å². The number of benzene rings is 1. The first kappa shape index (κ1) is 28.6. The van der Waals surface area contributed by atoms with Crippen LogP contribution >= 0.6 is 0 Å². The Morgan fingerprint density at radius 1 is 1.22 bits per heavy atom. The molecule has 0 radical (unpaired) electrons. The summed E-state index contributed by atoms with van der Waals surface area (Å²) in [7, 11) is 1.64. The van der Waals surface area contributed by atoms with Crippen molar-refractivity contribution >= 4 is 22.9 Å². The molecule has 1 fully saturated rings. The number of hydrogen-bond acceptors (Lipinski definition) is 5. The molecule has 0 bridgehead atoms. The van der Waals surface area contributed by atoms with Crippen LogP contribution in [0.4, 0.5) is 9.18 Å². The molecule has 1 aliphatic rings. The summed E-state index contributed by atoms with van der Waals surface area (Å²) in [6, 6.07) is 3.57. The van der Waals surface area contributed by atoms with Gasteiger partial charge in [-0.25, -0.2) is 9.18 Å². The largest absolute Gasteiger partial charge is 0.444 e. The lowest BCUT2D eigenvalue weighted by Crippen LogP contribution is -2.55. The highest BCUT2D eigenvalue weighted by atomic mass is 19.1. The highest BCUT2D eigenvalue weighted by Crippen LogP contribution is 2.23. The quantitative estimate of drug-likeness (QED) is 0.469. The van der Waals surface area contributed by atoms with E-state index in [1.54, 1.807) is 27.7 Å². The molecule has 0 unspecified atom stereocenters. The third-order valence-electron chi connectivity index (χ3n) is 6.50. The SMILES string of the molecule is COCCCCn1cc(C(=O)N(C(C)C)[C@@H]2CCCN(C(=O)OC(C)(C)C)C2)c(=O)c2ccc(F)cc21. The first-order valence-electron chi connectivity index (χ1n) is 13.0. The number of piperidine rings is 1. The fourth-order valence-corrected chi connectivity index (χ4v) is 4.86. The second-order valence-corrected chi connectivity index (χ2v) is 11.0. The van der Waals surface area contributed by atoms with E-state index < -0.39 is 22.9 Å². The van der Waals surface area contributed by atoms with Crippen LogP contribution in [0.5, 0.6) is 0 Å². The lowest BCUT2D eigenvalue weighted by atomic mass is 10.0. The van der Waals surface area contributed by atoms with Crippen LogP contribution in [0.1, 0.15) is 70.7 Å². The number of amides is 2. The van der Waals surface area contributed by atoms with Crippen molar-refractivity contribution in [3.63, 3.8) is 0 Å². The summed E-state index contributed by atoms with van der Waals surface area (Å²) in [5, 5.41) is 0.307. The topological polar surface area (TPSA) is 81.1 Å². The van der Waals surface area contributed by atoms with Gasteiger partial charge in [-0.2, -0.15) is 0 Å². The average molecular weight is 518 g/mol. The molecule has 2 aromatic rings. The standard InChI is InChI=1S/C28H40FN3O5/c1-19(2)32(21-10-9-14-31(17-21)27(35)37-28(3,4)5)26(34)23-18-30(13-7-8-15-36-6)24-16-20(29)11-12-22(24)25(23)33/h11-12,16,18-19,21H,7-10,13-15,17H2,1-6H3/t21-/m1/s1. The van der Waals surface area contributed by atoms with E-state index in [2.05, 4.69) is 0 Å². The van der Waals surface area contributed by atoms with Crippen molar-refractivity contribution in [2.24, 2.45) is 0 Å². The highest BCUT2D eigenvalue weighted by Gasteiger charge is 2.35. The second kappa shape index (κ2) is 12.1. The van der Waals surface area contributed by atoms with Gasteiger partial charge in [0, 0.05) is 51.0 Å². The van der Waals surface area contributed by atoms with Gasteiger partial charge in [-0.15, -0.1) is 0 Å². The fraction of sp³-hybridized carbons (Fsp3) is 0.607. The number of unbranched alkanes of at least 4 members (excludes halogenated alkanes) is 1. The third-order valence-corrected chi connectivity index (χ3v) is 6.50. The van der Waals surface area contributed by atoms with Gasteiger partial charge in [0.2, 0.25) is 5.43 Å². The van der Waals surface area contributed by atoms with Crippen molar-refractivity contribution < 1.29 is 23.5 Å². The zero-order chi connectivity index (χ0) is 27.3. The minimum Gasteiger partial charge on any atom is -0.444 e. The predicted molar refractivity (Wildman–Crippen MR) is 141 cm³/mol. The molecule has 1 atom stereocenters. The van der Waals surface area contributed by atoms with Crippen molar-refractivity contribution in [2.45, 2.75) is 84.5 Å². The molecular formula is C28H40FN3O5. The number of halogens is 1. The Labute approximate surface area is 218 Å². The lowest BCUT2D eigenvalue weighted by molar-refractivity contribution is 0.00748. The van der Waals surface area contributed by atoms with Gasteiger partial charge in [0.25, 0.3) is 5.91 Å². The summed E-state index contributed by atoms with van der Waals surface area (Å²) in [4.78, 5) is 43.5. The summed E-state index contributed by atoms with van der Waals surface area (Å²) < 4.78 is 26.5. The molecule has 2 heterocycles. The number of aryl methyl sites for hydroxylation is 1. The van der Waals surface area contributed by atoms with Gasteiger partial charge in [0.1, 0.15) is 17.0 Å². The Balaban J connectivity index is 1.95. The van der Waals surface area contributed by atoms with E-state index in [1.165, 1.54) is 18.2 Å². The first-order chi connectivity index (χ1) is 17.4. The number of pyridine rings is 1. The van der Waals surface area contributed by atoms with Gasteiger partial charge in [-0.3, -0.25) is 9.59 Å². The molecule has 1 aliphatic heterocycles. The van der Waals surface area contributed by atoms with Gasteiger partial charge < -0.3 is 23.8 Å². The Morgan fingerprint density at radius 3 is 2.59 bits per heavy atom. The smallest absolute Gasteiger partial charge is 0.410 e. The second-order valence-electron chi connectivity index (χ2n) is 11.0. The van der Waals surface area contributed by atoms with Crippen LogP contribution in [0.3, 0.4) is 0 Å². The number of rotatable bonds is 8. The van der Waals surface area contributed by atoms with Gasteiger partial charge in [0.15, 0.2) is 0 Å². The predicted octanol–water partition coefficient (Wildman–Crippen LogP) is 4.82. The number of methoxy groups -OCH3 is 1. The molecule has 0 aliphatic carbocycles. The van der Waals surface area contributed by atoms with Crippen LogP contribution in [-0.4, -0.2) is 70.9 Å². The molecule has 37 heavy (non-hydrogen) atoms. The van der Waals surface area contributed by atoms with Crippen molar-refractivity contribution in [3.05, 3.63) is 46.0 Å². The minimum absolute atomic E-state index is 0.0499. The molecular weight excluding hydrogens is 477 g/mol. The van der Waals surface area contributed by atoms with E-state index in [9.17, 15) is 18.8 Å². The first-order valence-corrected chi connectivity index (χ1v) is 13.0. The molecule has 8 nitrogen and oxygen atoms in total. The molecule has 3 rings (SSSR count).